The standard InChI is InChI=1S/C19H19N5O2S/c1-12(2)24-15-6-4-3-5-14(15)22-16(24)7-8-20-17(25)13-11-21-19-23(18(13)26)9-10-27-19/h3-6,9-12H,7-8H2,1-2H3,(H,20,25). The minimum absolute atomic E-state index is 0.0447. The number of hydrogen-bond acceptors (Lipinski definition) is 5. The van der Waals surface area contributed by atoms with E-state index in [9.17, 15) is 9.59 Å². The molecular formula is C19H19N5O2S. The van der Waals surface area contributed by atoms with Gasteiger partial charge >= 0.3 is 0 Å². The number of rotatable bonds is 5. The van der Waals surface area contributed by atoms with Gasteiger partial charge in [-0.05, 0) is 26.0 Å². The normalized spacial score (nSPS) is 11.5. The molecule has 1 N–H and O–H groups in total. The predicted molar refractivity (Wildman–Crippen MR) is 105 cm³/mol. The van der Waals surface area contributed by atoms with Crippen molar-refractivity contribution in [2.24, 2.45) is 0 Å². The van der Waals surface area contributed by atoms with Gasteiger partial charge in [0.2, 0.25) is 0 Å². The van der Waals surface area contributed by atoms with Gasteiger partial charge in [0.15, 0.2) is 4.96 Å². The highest BCUT2D eigenvalue weighted by Crippen LogP contribution is 2.21. The second-order valence-electron chi connectivity index (χ2n) is 6.52. The second-order valence-corrected chi connectivity index (χ2v) is 7.39. The monoisotopic (exact) mass is 381 g/mol. The molecular weight excluding hydrogens is 362 g/mol. The molecule has 0 aliphatic carbocycles. The lowest BCUT2D eigenvalue weighted by molar-refractivity contribution is 0.0952. The van der Waals surface area contributed by atoms with Crippen molar-refractivity contribution < 1.29 is 4.79 Å². The lowest BCUT2D eigenvalue weighted by Crippen LogP contribution is -2.32. The van der Waals surface area contributed by atoms with Crippen molar-refractivity contribution in [1.82, 2.24) is 24.3 Å². The van der Waals surface area contributed by atoms with E-state index in [2.05, 4.69) is 33.7 Å². The summed E-state index contributed by atoms with van der Waals surface area (Å²) in [5.74, 6) is 0.495. The molecule has 0 unspecified atom stereocenters. The van der Waals surface area contributed by atoms with Crippen LogP contribution in [0.15, 0.2) is 46.8 Å². The van der Waals surface area contributed by atoms with Crippen molar-refractivity contribution in [3.63, 3.8) is 0 Å². The molecule has 138 valence electrons. The summed E-state index contributed by atoms with van der Waals surface area (Å²) in [6.07, 6.45) is 3.54. The second kappa shape index (κ2) is 6.96. The van der Waals surface area contributed by atoms with E-state index in [1.165, 1.54) is 21.9 Å². The maximum atomic E-state index is 12.4. The summed E-state index contributed by atoms with van der Waals surface area (Å²) in [6.45, 7) is 4.61. The molecule has 0 saturated carbocycles. The first-order valence-corrected chi connectivity index (χ1v) is 9.63. The van der Waals surface area contributed by atoms with Gasteiger partial charge in [0.1, 0.15) is 11.4 Å². The third kappa shape index (κ3) is 3.12. The Hall–Kier alpha value is -3.00. The minimum atomic E-state index is -0.416. The quantitative estimate of drug-likeness (QED) is 0.576. The summed E-state index contributed by atoms with van der Waals surface area (Å²) in [6, 6.07) is 8.26. The molecule has 4 rings (SSSR count). The highest BCUT2D eigenvalue weighted by atomic mass is 32.1. The first-order chi connectivity index (χ1) is 13.1. The lowest BCUT2D eigenvalue weighted by atomic mass is 10.2. The highest BCUT2D eigenvalue weighted by Gasteiger charge is 2.15. The molecule has 0 radical (unpaired) electrons. The van der Waals surface area contributed by atoms with E-state index in [4.69, 9.17) is 0 Å². The third-order valence-electron chi connectivity index (χ3n) is 4.41. The summed E-state index contributed by atoms with van der Waals surface area (Å²) in [5, 5.41) is 4.58. The molecule has 0 fully saturated rings. The number of nitrogens with zero attached hydrogens (tertiary/aromatic N) is 4. The van der Waals surface area contributed by atoms with Gasteiger partial charge in [-0.3, -0.25) is 14.0 Å². The molecule has 0 spiro atoms. The summed E-state index contributed by atoms with van der Waals surface area (Å²) in [7, 11) is 0. The Kier molecular flexibility index (Phi) is 4.49. The van der Waals surface area contributed by atoms with Crippen molar-refractivity contribution in [3.05, 3.63) is 63.8 Å². The molecule has 0 saturated heterocycles. The van der Waals surface area contributed by atoms with Gasteiger partial charge in [0, 0.05) is 36.8 Å². The Morgan fingerprint density at radius 1 is 1.30 bits per heavy atom. The van der Waals surface area contributed by atoms with Crippen LogP contribution in [-0.2, 0) is 6.42 Å². The minimum Gasteiger partial charge on any atom is -0.351 e. The Morgan fingerprint density at radius 3 is 2.93 bits per heavy atom. The average Bonchev–Trinajstić information content (AvgIpc) is 3.26. The van der Waals surface area contributed by atoms with Crippen LogP contribution in [0.25, 0.3) is 16.0 Å². The zero-order valence-electron chi connectivity index (χ0n) is 15.0. The van der Waals surface area contributed by atoms with Crippen molar-refractivity contribution in [3.8, 4) is 0 Å². The van der Waals surface area contributed by atoms with Crippen molar-refractivity contribution in [2.75, 3.05) is 6.54 Å². The van der Waals surface area contributed by atoms with E-state index in [0.29, 0.717) is 17.9 Å². The van der Waals surface area contributed by atoms with Crippen LogP contribution in [-0.4, -0.2) is 31.4 Å². The van der Waals surface area contributed by atoms with E-state index in [1.54, 1.807) is 11.6 Å². The van der Waals surface area contributed by atoms with E-state index in [0.717, 1.165) is 16.9 Å². The number of benzene rings is 1. The highest BCUT2D eigenvalue weighted by molar-refractivity contribution is 7.15. The fourth-order valence-corrected chi connectivity index (χ4v) is 3.89. The van der Waals surface area contributed by atoms with Crippen LogP contribution in [0.4, 0.5) is 0 Å². The number of carbonyl (C=O) groups is 1. The van der Waals surface area contributed by atoms with E-state index in [1.807, 2.05) is 24.3 Å². The van der Waals surface area contributed by atoms with Crippen LogP contribution in [0.3, 0.4) is 0 Å². The fraction of sp³-hybridized carbons (Fsp3) is 0.263. The number of fused-ring (bicyclic) bond motifs is 2. The zero-order valence-corrected chi connectivity index (χ0v) is 15.9. The third-order valence-corrected chi connectivity index (χ3v) is 5.18. The lowest BCUT2D eigenvalue weighted by Gasteiger charge is -2.13. The molecule has 27 heavy (non-hydrogen) atoms. The number of imidazole rings is 1. The van der Waals surface area contributed by atoms with Crippen LogP contribution in [0.1, 0.15) is 36.1 Å². The van der Waals surface area contributed by atoms with Gasteiger partial charge in [-0.1, -0.05) is 12.1 Å². The Morgan fingerprint density at radius 2 is 2.11 bits per heavy atom. The number of thiazole rings is 1. The number of amides is 1. The maximum Gasteiger partial charge on any atom is 0.271 e. The predicted octanol–water partition coefficient (Wildman–Crippen LogP) is 2.66. The van der Waals surface area contributed by atoms with Crippen LogP contribution in [0.5, 0.6) is 0 Å². The molecule has 3 heterocycles. The summed E-state index contributed by atoms with van der Waals surface area (Å²) < 4.78 is 3.56. The van der Waals surface area contributed by atoms with Crippen molar-refractivity contribution >= 4 is 33.2 Å². The molecule has 1 aromatic carbocycles. The van der Waals surface area contributed by atoms with Crippen molar-refractivity contribution in [2.45, 2.75) is 26.3 Å². The van der Waals surface area contributed by atoms with E-state index >= 15 is 0 Å². The van der Waals surface area contributed by atoms with Crippen LogP contribution < -0.4 is 10.9 Å². The molecule has 0 bridgehead atoms. The number of para-hydroxylation sites is 2. The van der Waals surface area contributed by atoms with Crippen LogP contribution >= 0.6 is 11.3 Å². The Balaban J connectivity index is 1.52. The zero-order chi connectivity index (χ0) is 19.0. The molecule has 3 aromatic heterocycles. The van der Waals surface area contributed by atoms with Gasteiger partial charge < -0.3 is 9.88 Å². The van der Waals surface area contributed by atoms with Gasteiger partial charge in [-0.2, -0.15) is 0 Å². The van der Waals surface area contributed by atoms with E-state index in [-0.39, 0.29) is 17.2 Å². The first kappa shape index (κ1) is 17.4. The number of carbonyl (C=O) groups excluding carboxylic acids is 1. The first-order valence-electron chi connectivity index (χ1n) is 8.75. The average molecular weight is 381 g/mol. The summed E-state index contributed by atoms with van der Waals surface area (Å²) >= 11 is 1.35. The topological polar surface area (TPSA) is 81.3 Å². The Labute approximate surface area is 159 Å². The molecule has 1 amide bonds. The maximum absolute atomic E-state index is 12.4. The van der Waals surface area contributed by atoms with E-state index < -0.39 is 5.91 Å². The summed E-state index contributed by atoms with van der Waals surface area (Å²) in [4.78, 5) is 34.2. The molecule has 4 aromatic rings. The summed E-state index contributed by atoms with van der Waals surface area (Å²) in [5.41, 5.74) is 1.72. The van der Waals surface area contributed by atoms with Crippen molar-refractivity contribution in [1.29, 1.82) is 0 Å². The molecule has 0 atom stereocenters. The van der Waals surface area contributed by atoms with Gasteiger partial charge in [-0.25, -0.2) is 9.97 Å². The number of nitrogens with one attached hydrogen (secondary N) is 1. The largest absolute Gasteiger partial charge is 0.351 e. The van der Waals surface area contributed by atoms with Gasteiger partial charge in [0.25, 0.3) is 11.5 Å². The molecule has 0 aliphatic rings. The number of hydrogen-bond donors (Lipinski definition) is 1. The fourth-order valence-electron chi connectivity index (χ4n) is 3.21. The Bertz CT molecular complexity index is 1190. The molecule has 8 heteroatoms. The van der Waals surface area contributed by atoms with Gasteiger partial charge in [0.05, 0.1) is 11.0 Å². The van der Waals surface area contributed by atoms with Crippen LogP contribution in [0, 0.1) is 0 Å². The SMILES string of the molecule is CC(C)n1c(CCNC(=O)c2cnc3sccn3c2=O)nc2ccccc21. The molecule has 0 aliphatic heterocycles. The molecule has 7 nitrogen and oxygen atoms in total. The van der Waals surface area contributed by atoms with Crippen LogP contribution in [0.2, 0.25) is 0 Å². The smallest absolute Gasteiger partial charge is 0.271 e. The number of aromatic nitrogens is 4. The van der Waals surface area contributed by atoms with Gasteiger partial charge in [-0.15, -0.1) is 11.3 Å².